The molecule has 3 rings (SSSR count). The molecule has 0 spiro atoms. The van der Waals surface area contributed by atoms with Gasteiger partial charge in [-0.25, -0.2) is 12.8 Å². The summed E-state index contributed by atoms with van der Waals surface area (Å²) in [5, 5.41) is 2.76. The lowest BCUT2D eigenvalue weighted by atomic mass is 9.98. The van der Waals surface area contributed by atoms with Crippen LogP contribution < -0.4 is 10.1 Å². The van der Waals surface area contributed by atoms with Gasteiger partial charge in [0.15, 0.2) is 0 Å². The van der Waals surface area contributed by atoms with Crippen molar-refractivity contribution in [3.63, 3.8) is 0 Å². The molecule has 1 aliphatic heterocycles. The molecule has 6 nitrogen and oxygen atoms in total. The number of nitrogens with zero attached hydrogens (tertiary/aromatic N) is 1. The van der Waals surface area contributed by atoms with Crippen LogP contribution in [0.2, 0.25) is 5.02 Å². The fraction of sp³-hybridized carbons (Fsp3) is 0.350. The van der Waals surface area contributed by atoms with Crippen LogP contribution in [0.3, 0.4) is 0 Å². The van der Waals surface area contributed by atoms with Crippen molar-refractivity contribution in [1.29, 1.82) is 0 Å². The second-order valence-electron chi connectivity index (χ2n) is 6.84. The van der Waals surface area contributed by atoms with E-state index in [9.17, 15) is 17.6 Å². The molecule has 0 saturated carbocycles. The molecular weight excluding hydrogens is 499 g/mol. The topological polar surface area (TPSA) is 75.7 Å². The van der Waals surface area contributed by atoms with Crippen LogP contribution in [0.4, 0.5) is 10.1 Å². The predicted molar refractivity (Wildman–Crippen MR) is 117 cm³/mol. The maximum absolute atomic E-state index is 14.0. The summed E-state index contributed by atoms with van der Waals surface area (Å²) in [5.41, 5.74) is 0.0569. The van der Waals surface area contributed by atoms with Crippen LogP contribution in [0.1, 0.15) is 19.8 Å². The number of hydrogen-bond donors (Lipinski definition) is 1. The van der Waals surface area contributed by atoms with Gasteiger partial charge in [-0.05, 0) is 56.2 Å². The molecule has 0 aromatic heterocycles. The van der Waals surface area contributed by atoms with Crippen molar-refractivity contribution in [2.75, 3.05) is 25.0 Å². The predicted octanol–water partition coefficient (Wildman–Crippen LogP) is 4.68. The number of hydrogen-bond acceptors (Lipinski definition) is 4. The Morgan fingerprint density at radius 1 is 1.33 bits per heavy atom. The van der Waals surface area contributed by atoms with Crippen LogP contribution in [-0.2, 0) is 14.8 Å². The van der Waals surface area contributed by atoms with Crippen LogP contribution >= 0.6 is 27.5 Å². The van der Waals surface area contributed by atoms with Crippen LogP contribution in [0.15, 0.2) is 45.8 Å². The summed E-state index contributed by atoms with van der Waals surface area (Å²) in [6.07, 6.45) is 1.03. The second kappa shape index (κ2) is 9.64. The highest BCUT2D eigenvalue weighted by Crippen LogP contribution is 2.31. The number of carbonyl (C=O) groups is 1. The van der Waals surface area contributed by atoms with Crippen molar-refractivity contribution in [2.45, 2.75) is 24.7 Å². The Labute approximate surface area is 188 Å². The first-order valence-corrected chi connectivity index (χ1v) is 12.0. The molecule has 1 aliphatic rings. The van der Waals surface area contributed by atoms with Gasteiger partial charge in [-0.15, -0.1) is 0 Å². The van der Waals surface area contributed by atoms with E-state index in [-0.39, 0.29) is 22.2 Å². The van der Waals surface area contributed by atoms with Gasteiger partial charge in [-0.3, -0.25) is 4.79 Å². The van der Waals surface area contributed by atoms with Crippen molar-refractivity contribution < 1.29 is 22.3 Å². The van der Waals surface area contributed by atoms with Gasteiger partial charge in [0.2, 0.25) is 15.9 Å². The van der Waals surface area contributed by atoms with Crippen LogP contribution in [0.5, 0.6) is 5.75 Å². The summed E-state index contributed by atoms with van der Waals surface area (Å²) in [6, 6.07) is 8.63. The number of carbonyl (C=O) groups excluding carboxylic acids is 1. The second-order valence-corrected chi connectivity index (χ2v) is 10.1. The Bertz CT molecular complexity index is 1050. The Balaban J connectivity index is 1.74. The summed E-state index contributed by atoms with van der Waals surface area (Å²) in [6.45, 7) is 2.52. The first kappa shape index (κ1) is 23.0. The lowest BCUT2D eigenvalue weighted by molar-refractivity contribution is -0.120. The number of benzene rings is 2. The Morgan fingerprint density at radius 3 is 2.77 bits per heavy atom. The molecule has 0 radical (unpaired) electrons. The van der Waals surface area contributed by atoms with E-state index in [1.807, 2.05) is 0 Å². The maximum atomic E-state index is 14.0. The van der Waals surface area contributed by atoms with Crippen molar-refractivity contribution >= 4 is 49.1 Å². The number of nitrogens with one attached hydrogen (secondary N) is 1. The molecule has 2 aromatic carbocycles. The zero-order valence-corrected chi connectivity index (χ0v) is 19.4. The molecule has 0 bridgehead atoms. The summed E-state index contributed by atoms with van der Waals surface area (Å²) in [5.74, 6) is -1.16. The van der Waals surface area contributed by atoms with Gasteiger partial charge in [0, 0.05) is 17.6 Å². The minimum atomic E-state index is -3.84. The summed E-state index contributed by atoms with van der Waals surface area (Å²) in [7, 11) is -3.84. The summed E-state index contributed by atoms with van der Waals surface area (Å²) < 4.78 is 47.3. The van der Waals surface area contributed by atoms with Crippen molar-refractivity contribution in [1.82, 2.24) is 4.31 Å². The molecule has 1 atom stereocenters. The standard InChI is InChI=1S/C20H21BrClFN2O4S/c1-2-29-19-8-6-15(11-16(19)22)30(27,28)25-9-3-4-13(12-25)20(26)24-18-7-5-14(21)10-17(18)23/h5-8,10-11,13H,2-4,9,12H2,1H3,(H,24,26)/t13-/m1/s1. The molecule has 1 saturated heterocycles. The SMILES string of the molecule is CCOc1ccc(S(=O)(=O)N2CCC[C@@H](C(=O)Nc3ccc(Br)cc3F)C2)cc1Cl. The molecule has 0 aliphatic carbocycles. The van der Waals surface area contributed by atoms with Crippen LogP contribution in [0.25, 0.3) is 0 Å². The van der Waals surface area contributed by atoms with Gasteiger partial charge >= 0.3 is 0 Å². The minimum Gasteiger partial charge on any atom is -0.492 e. The molecule has 2 aromatic rings. The van der Waals surface area contributed by atoms with E-state index in [1.165, 1.54) is 34.6 Å². The van der Waals surface area contributed by atoms with E-state index in [0.717, 1.165) is 0 Å². The van der Waals surface area contributed by atoms with E-state index >= 15 is 0 Å². The average molecular weight is 520 g/mol. The summed E-state index contributed by atoms with van der Waals surface area (Å²) in [4.78, 5) is 12.7. The molecule has 162 valence electrons. The fourth-order valence-corrected chi connectivity index (χ4v) is 5.45. The Hall–Kier alpha value is -1.68. The van der Waals surface area contributed by atoms with Crippen molar-refractivity contribution in [3.8, 4) is 5.75 Å². The van der Waals surface area contributed by atoms with Gasteiger partial charge in [0.05, 0.1) is 28.1 Å². The molecule has 1 amide bonds. The van der Waals surface area contributed by atoms with Crippen molar-refractivity contribution in [3.05, 3.63) is 51.7 Å². The number of ether oxygens (including phenoxy) is 1. The zero-order chi connectivity index (χ0) is 21.9. The monoisotopic (exact) mass is 518 g/mol. The largest absolute Gasteiger partial charge is 0.492 e. The van der Waals surface area contributed by atoms with E-state index in [0.29, 0.717) is 36.2 Å². The molecular formula is C20H21BrClFN2O4S. The van der Waals surface area contributed by atoms with Gasteiger partial charge < -0.3 is 10.1 Å². The third-order valence-electron chi connectivity index (χ3n) is 4.78. The van der Waals surface area contributed by atoms with Crippen LogP contribution in [-0.4, -0.2) is 38.3 Å². The molecule has 1 N–H and O–H groups in total. The molecule has 10 heteroatoms. The van der Waals surface area contributed by atoms with E-state index in [2.05, 4.69) is 21.2 Å². The van der Waals surface area contributed by atoms with Gasteiger partial charge in [-0.2, -0.15) is 4.31 Å². The number of amides is 1. The van der Waals surface area contributed by atoms with Gasteiger partial charge in [-0.1, -0.05) is 27.5 Å². The number of halogens is 3. The van der Waals surface area contributed by atoms with Crippen LogP contribution in [0, 0.1) is 11.7 Å². The lowest BCUT2D eigenvalue weighted by Gasteiger charge is -2.31. The van der Waals surface area contributed by atoms with E-state index in [1.54, 1.807) is 13.0 Å². The average Bonchev–Trinajstić information content (AvgIpc) is 2.71. The van der Waals surface area contributed by atoms with E-state index in [4.69, 9.17) is 16.3 Å². The quantitative estimate of drug-likeness (QED) is 0.601. The lowest BCUT2D eigenvalue weighted by Crippen LogP contribution is -2.43. The Morgan fingerprint density at radius 2 is 2.10 bits per heavy atom. The van der Waals surface area contributed by atoms with E-state index < -0.39 is 27.7 Å². The number of rotatable bonds is 6. The van der Waals surface area contributed by atoms with Crippen molar-refractivity contribution in [2.24, 2.45) is 5.92 Å². The smallest absolute Gasteiger partial charge is 0.243 e. The number of sulfonamides is 1. The molecule has 0 unspecified atom stereocenters. The summed E-state index contributed by atoms with van der Waals surface area (Å²) >= 11 is 9.30. The maximum Gasteiger partial charge on any atom is 0.243 e. The third-order valence-corrected chi connectivity index (χ3v) is 7.43. The zero-order valence-electron chi connectivity index (χ0n) is 16.2. The highest BCUT2D eigenvalue weighted by Gasteiger charge is 2.34. The highest BCUT2D eigenvalue weighted by atomic mass is 79.9. The molecule has 1 fully saturated rings. The molecule has 30 heavy (non-hydrogen) atoms. The normalized spacial score (nSPS) is 17.5. The third kappa shape index (κ3) is 5.14. The number of piperidine rings is 1. The minimum absolute atomic E-state index is 0.0111. The highest BCUT2D eigenvalue weighted by molar-refractivity contribution is 9.10. The Kier molecular flexibility index (Phi) is 7.38. The van der Waals surface area contributed by atoms with Gasteiger partial charge in [0.1, 0.15) is 11.6 Å². The molecule has 1 heterocycles. The first-order valence-electron chi connectivity index (χ1n) is 9.40. The first-order chi connectivity index (χ1) is 14.2. The fourth-order valence-electron chi connectivity index (χ4n) is 3.26. The van der Waals surface area contributed by atoms with Gasteiger partial charge in [0.25, 0.3) is 0 Å². The number of anilines is 1.